The summed E-state index contributed by atoms with van der Waals surface area (Å²) < 4.78 is 11.2. The van der Waals surface area contributed by atoms with Gasteiger partial charge in [-0.05, 0) is 32.4 Å². The fourth-order valence-corrected chi connectivity index (χ4v) is 2.17. The van der Waals surface area contributed by atoms with E-state index >= 15 is 0 Å². The molecule has 0 aliphatic heterocycles. The lowest BCUT2D eigenvalue weighted by Crippen LogP contribution is -2.43. The van der Waals surface area contributed by atoms with Crippen LogP contribution in [0.15, 0.2) is 23.2 Å². The number of aliphatic hydroxyl groups excluding tert-OH is 1. The fraction of sp³-hybridized carbons (Fsp3) is 0.650. The van der Waals surface area contributed by atoms with Crippen molar-refractivity contribution in [2.75, 3.05) is 39.5 Å². The summed E-state index contributed by atoms with van der Waals surface area (Å²) in [5.74, 6) is 1.58. The number of nitrogens with one attached hydrogen (secondary N) is 2. The van der Waals surface area contributed by atoms with Gasteiger partial charge in [-0.2, -0.15) is 0 Å². The van der Waals surface area contributed by atoms with Gasteiger partial charge in [0.2, 0.25) is 0 Å². The van der Waals surface area contributed by atoms with Crippen LogP contribution in [0.2, 0.25) is 0 Å². The van der Waals surface area contributed by atoms with E-state index < -0.39 is 0 Å². The van der Waals surface area contributed by atoms with Crippen LogP contribution in [0.25, 0.3) is 0 Å². The minimum atomic E-state index is -0.201. The first kappa shape index (κ1) is 22.3. The Labute approximate surface area is 158 Å². The van der Waals surface area contributed by atoms with Crippen LogP contribution in [-0.4, -0.2) is 50.6 Å². The number of ether oxygens (including phenoxy) is 2. The molecule has 1 aromatic rings. The van der Waals surface area contributed by atoms with Gasteiger partial charge in [0.15, 0.2) is 5.96 Å². The highest BCUT2D eigenvalue weighted by molar-refractivity contribution is 5.79. The van der Waals surface area contributed by atoms with Gasteiger partial charge in [0.1, 0.15) is 12.4 Å². The Hall–Kier alpha value is -1.79. The zero-order valence-electron chi connectivity index (χ0n) is 16.9. The third kappa shape index (κ3) is 8.54. The molecule has 0 saturated carbocycles. The van der Waals surface area contributed by atoms with Crippen LogP contribution in [0.1, 0.15) is 38.8 Å². The molecular formula is C20H35N3O3. The number of guanidine groups is 1. The van der Waals surface area contributed by atoms with Crippen LogP contribution in [0.4, 0.5) is 0 Å². The van der Waals surface area contributed by atoms with Crippen LogP contribution >= 0.6 is 0 Å². The van der Waals surface area contributed by atoms with Gasteiger partial charge in [0.05, 0.1) is 13.2 Å². The van der Waals surface area contributed by atoms with Crippen LogP contribution in [-0.2, 0) is 11.3 Å². The first-order chi connectivity index (χ1) is 12.4. The highest BCUT2D eigenvalue weighted by Crippen LogP contribution is 2.21. The van der Waals surface area contributed by atoms with E-state index in [4.69, 9.17) is 9.47 Å². The Morgan fingerprint density at radius 2 is 1.96 bits per heavy atom. The molecule has 0 aliphatic rings. The molecule has 0 unspecified atom stereocenters. The minimum Gasteiger partial charge on any atom is -0.491 e. The third-order valence-corrected chi connectivity index (χ3v) is 3.83. The van der Waals surface area contributed by atoms with E-state index in [0.717, 1.165) is 29.4 Å². The summed E-state index contributed by atoms with van der Waals surface area (Å²) >= 11 is 0. The maximum atomic E-state index is 9.40. The van der Waals surface area contributed by atoms with E-state index in [1.165, 1.54) is 0 Å². The summed E-state index contributed by atoms with van der Waals surface area (Å²) in [6.07, 6.45) is 0. The number of rotatable bonds is 11. The quantitative estimate of drug-likeness (QED) is 0.319. The molecule has 1 rings (SSSR count). The van der Waals surface area contributed by atoms with Gasteiger partial charge in [0, 0.05) is 37.3 Å². The summed E-state index contributed by atoms with van der Waals surface area (Å²) in [5, 5.41) is 15.9. The maximum absolute atomic E-state index is 9.40. The SMILES string of the molecule is CCNC(=NCc1ccc(C)cc1OCCOCC)NCC(C)(C)CO. The van der Waals surface area contributed by atoms with E-state index in [2.05, 4.69) is 27.8 Å². The molecule has 0 atom stereocenters. The molecule has 0 bridgehead atoms. The van der Waals surface area contributed by atoms with Crippen molar-refractivity contribution in [1.82, 2.24) is 10.6 Å². The first-order valence-corrected chi connectivity index (χ1v) is 9.35. The Bertz CT molecular complexity index is 559. The number of hydrogen-bond donors (Lipinski definition) is 3. The number of hydrogen-bond acceptors (Lipinski definition) is 4. The van der Waals surface area contributed by atoms with Gasteiger partial charge in [-0.3, -0.25) is 0 Å². The molecule has 0 fully saturated rings. The van der Waals surface area contributed by atoms with Gasteiger partial charge >= 0.3 is 0 Å². The summed E-state index contributed by atoms with van der Waals surface area (Å²) in [4.78, 5) is 4.66. The second-order valence-electron chi connectivity index (χ2n) is 7.03. The van der Waals surface area contributed by atoms with Crippen molar-refractivity contribution in [1.29, 1.82) is 0 Å². The topological polar surface area (TPSA) is 75.1 Å². The molecule has 6 heteroatoms. The molecule has 1 aromatic carbocycles. The molecular weight excluding hydrogens is 330 g/mol. The van der Waals surface area contributed by atoms with Crippen LogP contribution < -0.4 is 15.4 Å². The smallest absolute Gasteiger partial charge is 0.191 e. The largest absolute Gasteiger partial charge is 0.491 e. The van der Waals surface area contributed by atoms with Gasteiger partial charge in [-0.1, -0.05) is 26.0 Å². The molecule has 0 spiro atoms. The highest BCUT2D eigenvalue weighted by Gasteiger charge is 2.16. The molecule has 0 amide bonds. The van der Waals surface area contributed by atoms with Crippen molar-refractivity contribution in [3.05, 3.63) is 29.3 Å². The highest BCUT2D eigenvalue weighted by atomic mass is 16.5. The average molecular weight is 366 g/mol. The van der Waals surface area contributed by atoms with Gasteiger partial charge in [0.25, 0.3) is 0 Å². The second-order valence-corrected chi connectivity index (χ2v) is 7.03. The number of aryl methyl sites for hydroxylation is 1. The van der Waals surface area contributed by atoms with Gasteiger partial charge in [-0.15, -0.1) is 0 Å². The van der Waals surface area contributed by atoms with Crippen molar-refractivity contribution in [3.8, 4) is 5.75 Å². The van der Waals surface area contributed by atoms with Gasteiger partial charge < -0.3 is 25.2 Å². The Kier molecular flexibility index (Phi) is 10.1. The monoisotopic (exact) mass is 365 g/mol. The van der Waals surface area contributed by atoms with Crippen molar-refractivity contribution in [3.63, 3.8) is 0 Å². The van der Waals surface area contributed by atoms with E-state index in [1.807, 2.05) is 40.7 Å². The molecule has 3 N–H and O–H groups in total. The van der Waals surface area contributed by atoms with Crippen molar-refractivity contribution in [2.24, 2.45) is 10.4 Å². The molecule has 0 radical (unpaired) electrons. The zero-order valence-corrected chi connectivity index (χ0v) is 16.9. The van der Waals surface area contributed by atoms with Crippen LogP contribution in [0, 0.1) is 12.3 Å². The summed E-state index contributed by atoms with van der Waals surface area (Å²) in [6, 6.07) is 6.15. The summed E-state index contributed by atoms with van der Waals surface area (Å²) in [7, 11) is 0. The number of aliphatic hydroxyl groups is 1. The Balaban J connectivity index is 2.77. The predicted octanol–water partition coefficient (Wildman–Crippen LogP) is 2.48. The van der Waals surface area contributed by atoms with E-state index in [9.17, 15) is 5.11 Å². The average Bonchev–Trinajstić information content (AvgIpc) is 2.62. The first-order valence-electron chi connectivity index (χ1n) is 9.35. The Morgan fingerprint density at radius 3 is 2.62 bits per heavy atom. The lowest BCUT2D eigenvalue weighted by molar-refractivity contribution is 0.110. The fourth-order valence-electron chi connectivity index (χ4n) is 2.17. The number of benzene rings is 1. The lowest BCUT2D eigenvalue weighted by atomic mass is 9.95. The summed E-state index contributed by atoms with van der Waals surface area (Å²) in [5.41, 5.74) is 1.98. The van der Waals surface area contributed by atoms with Crippen molar-refractivity contribution in [2.45, 2.75) is 41.2 Å². The molecule has 0 aromatic heterocycles. The normalized spacial score (nSPS) is 12.2. The lowest BCUT2D eigenvalue weighted by Gasteiger charge is -2.23. The summed E-state index contributed by atoms with van der Waals surface area (Å²) in [6.45, 7) is 13.9. The van der Waals surface area contributed by atoms with Crippen LogP contribution in [0.3, 0.4) is 0 Å². The molecule has 6 nitrogen and oxygen atoms in total. The molecule has 0 saturated heterocycles. The third-order valence-electron chi connectivity index (χ3n) is 3.83. The van der Waals surface area contributed by atoms with E-state index in [0.29, 0.717) is 32.9 Å². The van der Waals surface area contributed by atoms with Gasteiger partial charge in [-0.25, -0.2) is 4.99 Å². The van der Waals surface area contributed by atoms with Crippen molar-refractivity contribution >= 4 is 5.96 Å². The number of nitrogens with zero attached hydrogens (tertiary/aromatic N) is 1. The predicted molar refractivity (Wildman–Crippen MR) is 107 cm³/mol. The number of aliphatic imine (C=N–C) groups is 1. The maximum Gasteiger partial charge on any atom is 0.191 e. The second kappa shape index (κ2) is 11.8. The standard InChI is InChI=1S/C20H35N3O3/c1-6-21-19(23-14-20(4,5)15-24)22-13-17-9-8-16(3)12-18(17)26-11-10-25-7-2/h8-9,12,24H,6-7,10-11,13-15H2,1-5H3,(H2,21,22,23). The van der Waals surface area contributed by atoms with Crippen molar-refractivity contribution < 1.29 is 14.6 Å². The zero-order chi connectivity index (χ0) is 19.4. The van der Waals surface area contributed by atoms with Crippen LogP contribution in [0.5, 0.6) is 5.75 Å². The molecule has 0 aliphatic carbocycles. The molecule has 0 heterocycles. The Morgan fingerprint density at radius 1 is 1.19 bits per heavy atom. The minimum absolute atomic E-state index is 0.120. The molecule has 26 heavy (non-hydrogen) atoms. The van der Waals surface area contributed by atoms with E-state index in [-0.39, 0.29) is 12.0 Å². The molecule has 148 valence electrons. The van der Waals surface area contributed by atoms with E-state index in [1.54, 1.807) is 0 Å².